The summed E-state index contributed by atoms with van der Waals surface area (Å²) in [5.74, 6) is -1.99. The summed E-state index contributed by atoms with van der Waals surface area (Å²) in [5, 5.41) is 23.1. The monoisotopic (exact) mass is 423 g/mol. The highest BCUT2D eigenvalue weighted by Gasteiger charge is 2.68. The molecular formula is C20H41NO6S. The Balaban J connectivity index is 4.97. The molecule has 7 nitrogen and oxygen atoms in total. The topological polar surface area (TPSA) is 115 Å². The zero-order valence-electron chi connectivity index (χ0n) is 18.4. The molecule has 2 N–H and O–H groups in total. The molecule has 168 valence electrons. The van der Waals surface area contributed by atoms with E-state index < -0.39 is 31.0 Å². The second kappa shape index (κ2) is 11.5. The molecule has 0 aliphatic carbocycles. The molecule has 0 spiro atoms. The fourth-order valence-corrected chi connectivity index (χ4v) is 5.90. The molecule has 0 saturated carbocycles. The van der Waals surface area contributed by atoms with Crippen LogP contribution in [0.2, 0.25) is 0 Å². The summed E-state index contributed by atoms with van der Waals surface area (Å²) >= 11 is 0. The minimum Gasteiger partial charge on any atom is -0.543 e. The lowest BCUT2D eigenvalue weighted by atomic mass is 9.83. The number of nitrogens with zero attached hydrogens (tertiary/aromatic N) is 1. The van der Waals surface area contributed by atoms with Crippen molar-refractivity contribution in [1.82, 2.24) is 0 Å². The first-order valence-corrected chi connectivity index (χ1v) is 12.0. The van der Waals surface area contributed by atoms with Gasteiger partial charge in [-0.2, -0.15) is 8.42 Å². The average molecular weight is 424 g/mol. The molecular weight excluding hydrogens is 382 g/mol. The van der Waals surface area contributed by atoms with Crippen LogP contribution in [0.25, 0.3) is 0 Å². The first-order valence-electron chi connectivity index (χ1n) is 10.5. The van der Waals surface area contributed by atoms with Crippen molar-refractivity contribution in [1.29, 1.82) is 0 Å². The van der Waals surface area contributed by atoms with Gasteiger partial charge in [0.1, 0.15) is 11.6 Å². The maximum atomic E-state index is 12.2. The van der Waals surface area contributed by atoms with Gasteiger partial charge in [0, 0.05) is 0 Å². The van der Waals surface area contributed by atoms with Crippen molar-refractivity contribution in [3.05, 3.63) is 0 Å². The summed E-state index contributed by atoms with van der Waals surface area (Å²) in [4.78, 5) is 9.12. The van der Waals surface area contributed by atoms with Crippen LogP contribution >= 0.6 is 0 Å². The maximum absolute atomic E-state index is 12.2. The fourth-order valence-electron chi connectivity index (χ4n) is 4.27. The van der Waals surface area contributed by atoms with Gasteiger partial charge in [0.05, 0.1) is 21.1 Å². The average Bonchev–Trinajstić information content (AvgIpc) is 2.53. The van der Waals surface area contributed by atoms with Gasteiger partial charge >= 0.3 is 10.1 Å². The van der Waals surface area contributed by atoms with E-state index in [4.69, 9.17) is 0 Å². The van der Waals surface area contributed by atoms with Gasteiger partial charge in [0.15, 0.2) is 0 Å². The molecule has 0 heterocycles. The molecule has 8 heteroatoms. The first kappa shape index (κ1) is 27.3. The predicted molar refractivity (Wildman–Crippen MR) is 109 cm³/mol. The molecule has 0 aromatic rings. The number of unbranched alkanes of at least 4 members (excludes halogenated alkanes) is 9. The number of rotatable bonds is 16. The number of hydrogen-bond donors (Lipinski definition) is 2. The van der Waals surface area contributed by atoms with Gasteiger partial charge in [0.25, 0.3) is 4.87 Å². The second-order valence-electron chi connectivity index (χ2n) is 8.74. The van der Waals surface area contributed by atoms with Crippen LogP contribution in [0.15, 0.2) is 0 Å². The Labute approximate surface area is 171 Å². The van der Waals surface area contributed by atoms with E-state index in [1.54, 1.807) is 0 Å². The van der Waals surface area contributed by atoms with Crippen LogP contribution in [0.5, 0.6) is 0 Å². The second-order valence-corrected chi connectivity index (χ2v) is 10.3. The van der Waals surface area contributed by atoms with Gasteiger partial charge in [-0.25, -0.2) is 0 Å². The molecule has 0 aliphatic rings. The van der Waals surface area contributed by atoms with E-state index >= 15 is 0 Å². The van der Waals surface area contributed by atoms with Gasteiger partial charge in [-0.15, -0.1) is 0 Å². The Morgan fingerprint density at radius 3 is 1.57 bits per heavy atom. The van der Waals surface area contributed by atoms with Crippen LogP contribution in [0.1, 0.15) is 90.9 Å². The van der Waals surface area contributed by atoms with Crippen LogP contribution in [-0.2, 0) is 14.9 Å². The Kier molecular flexibility index (Phi) is 11.2. The molecule has 0 radical (unpaired) electrons. The summed E-state index contributed by atoms with van der Waals surface area (Å²) in [6.07, 6.45) is 10.5. The van der Waals surface area contributed by atoms with Crippen molar-refractivity contribution in [2.75, 3.05) is 21.1 Å². The molecule has 2 atom stereocenters. The highest BCUT2D eigenvalue weighted by atomic mass is 32.2. The van der Waals surface area contributed by atoms with Crippen molar-refractivity contribution in [2.45, 2.75) is 101 Å². The highest BCUT2D eigenvalue weighted by molar-refractivity contribution is 7.88. The van der Waals surface area contributed by atoms with Crippen LogP contribution in [0, 0.1) is 0 Å². The number of quaternary nitrogens is 1. The van der Waals surface area contributed by atoms with Crippen molar-refractivity contribution >= 4 is 16.1 Å². The SMILES string of the molecule is CCCCCCCCCCCCC(O)(CC)C(C(=O)[O-])([N+](C)(C)C)S(=O)(=O)O. The zero-order valence-corrected chi connectivity index (χ0v) is 19.2. The molecule has 0 rings (SSSR count). The third-order valence-corrected chi connectivity index (χ3v) is 7.60. The Morgan fingerprint density at radius 2 is 1.29 bits per heavy atom. The molecule has 0 fully saturated rings. The molecule has 0 aromatic carbocycles. The quantitative estimate of drug-likeness (QED) is 0.224. The number of likely N-dealkylation sites (N-methyl/N-ethyl adjacent to an activating group) is 1. The van der Waals surface area contributed by atoms with Crippen molar-refractivity contribution in [2.24, 2.45) is 0 Å². The zero-order chi connectivity index (χ0) is 22.1. The number of hydrogen-bond acceptors (Lipinski definition) is 5. The Morgan fingerprint density at radius 1 is 0.893 bits per heavy atom. The largest absolute Gasteiger partial charge is 0.543 e. The number of aliphatic hydroxyl groups is 1. The molecule has 0 amide bonds. The van der Waals surface area contributed by atoms with Crippen LogP contribution in [0.4, 0.5) is 0 Å². The first-order chi connectivity index (χ1) is 12.8. The molecule has 0 aliphatic heterocycles. The van der Waals surface area contributed by atoms with Gasteiger partial charge in [0.2, 0.25) is 0 Å². The fraction of sp³-hybridized carbons (Fsp3) is 0.950. The predicted octanol–water partition coefficient (Wildman–Crippen LogP) is 2.48. The van der Waals surface area contributed by atoms with E-state index in [1.807, 2.05) is 0 Å². The van der Waals surface area contributed by atoms with E-state index in [9.17, 15) is 28.0 Å². The normalized spacial score (nSPS) is 17.1. The summed E-state index contributed by atoms with van der Waals surface area (Å²) in [6, 6.07) is 0. The number of carbonyl (C=O) groups is 1. The molecule has 2 unspecified atom stereocenters. The van der Waals surface area contributed by atoms with Crippen molar-refractivity contribution in [3.8, 4) is 0 Å². The number of carboxylic acids is 1. The lowest BCUT2D eigenvalue weighted by Gasteiger charge is -2.52. The Hall–Kier alpha value is -0.700. The maximum Gasteiger partial charge on any atom is 0.331 e. The van der Waals surface area contributed by atoms with E-state index in [1.165, 1.54) is 60.2 Å². The molecule has 28 heavy (non-hydrogen) atoms. The number of carboxylic acid groups (broad SMARTS) is 1. The van der Waals surface area contributed by atoms with Crippen molar-refractivity contribution < 1.29 is 32.5 Å². The lowest BCUT2D eigenvalue weighted by molar-refractivity contribution is -0.908. The van der Waals surface area contributed by atoms with Crippen molar-refractivity contribution in [3.63, 3.8) is 0 Å². The van der Waals surface area contributed by atoms with Gasteiger partial charge in [-0.1, -0.05) is 78.1 Å². The third kappa shape index (κ3) is 6.40. The lowest BCUT2D eigenvalue weighted by Crippen LogP contribution is -2.79. The minimum atomic E-state index is -5.16. The van der Waals surface area contributed by atoms with Crippen LogP contribution < -0.4 is 5.11 Å². The third-order valence-electron chi connectivity index (χ3n) is 5.75. The summed E-state index contributed by atoms with van der Waals surface area (Å²) < 4.78 is 33.5. The van der Waals surface area contributed by atoms with E-state index in [0.29, 0.717) is 6.42 Å². The van der Waals surface area contributed by atoms with E-state index in [0.717, 1.165) is 25.7 Å². The van der Waals surface area contributed by atoms with Gasteiger partial charge < -0.3 is 19.5 Å². The molecule has 0 bridgehead atoms. The number of carbonyl (C=O) groups excluding carboxylic acids is 1. The smallest absolute Gasteiger partial charge is 0.331 e. The summed E-state index contributed by atoms with van der Waals surface area (Å²) in [5.41, 5.74) is -2.14. The summed E-state index contributed by atoms with van der Waals surface area (Å²) in [7, 11) is -1.19. The Bertz CT molecular complexity index is 572. The summed E-state index contributed by atoms with van der Waals surface area (Å²) in [6.45, 7) is 3.71. The standard InChI is InChI=1S/C20H41NO6S/c1-6-8-9-10-11-12-13-14-15-16-17-19(24,7-2)20(18(22)23,21(3,4)5)28(25,26)27/h24H,6-17H2,1-5H3,(H-,22,23,25,26,27). The van der Waals surface area contributed by atoms with Gasteiger partial charge in [-0.3, -0.25) is 4.55 Å². The van der Waals surface area contributed by atoms with Crippen LogP contribution in [-0.4, -0.2) is 60.1 Å². The van der Waals surface area contributed by atoms with E-state index in [2.05, 4.69) is 6.92 Å². The molecule has 0 aromatic heterocycles. The molecule has 0 saturated heterocycles. The van der Waals surface area contributed by atoms with Crippen LogP contribution in [0.3, 0.4) is 0 Å². The minimum absolute atomic E-state index is 0.0384. The van der Waals surface area contributed by atoms with Gasteiger partial charge in [-0.05, 0) is 12.8 Å². The van der Waals surface area contributed by atoms with E-state index in [-0.39, 0.29) is 12.8 Å². The highest BCUT2D eigenvalue weighted by Crippen LogP contribution is 2.41. The number of aliphatic carboxylic acids is 1.